The van der Waals surface area contributed by atoms with Gasteiger partial charge in [-0.25, -0.2) is 5.43 Å². The fraction of sp³-hybridized carbons (Fsp3) is 0. The van der Waals surface area contributed by atoms with Crippen molar-refractivity contribution in [2.75, 3.05) is 5.43 Å². The number of hydrogen-bond donors (Lipinski definition) is 2. The van der Waals surface area contributed by atoms with Gasteiger partial charge in [0.25, 0.3) is 5.56 Å². The summed E-state index contributed by atoms with van der Waals surface area (Å²) in [5.41, 5.74) is 3.04. The maximum atomic E-state index is 10.9. The third-order valence-electron chi connectivity index (χ3n) is 1.64. The fourth-order valence-electron chi connectivity index (χ4n) is 0.984. The zero-order valence-corrected chi connectivity index (χ0v) is 8.16. The van der Waals surface area contributed by atoms with Gasteiger partial charge in [0.15, 0.2) is 0 Å². The predicted octanol–water partition coefficient (Wildman–Crippen LogP) is 0.00590. The summed E-state index contributed by atoms with van der Waals surface area (Å²) < 4.78 is 0. The first-order valence-corrected chi connectivity index (χ1v) is 4.46. The average molecular weight is 216 g/mol. The third kappa shape index (κ3) is 2.71. The van der Waals surface area contributed by atoms with Crippen molar-refractivity contribution in [3.63, 3.8) is 0 Å². The highest BCUT2D eigenvalue weighted by molar-refractivity contribution is 5.79. The lowest BCUT2D eigenvalue weighted by atomic mass is 10.3. The van der Waals surface area contributed by atoms with Gasteiger partial charge in [-0.2, -0.15) is 5.10 Å². The first kappa shape index (κ1) is 9.97. The largest absolute Gasteiger partial charge is 0.289 e. The molecular weight excluding hydrogens is 208 g/mol. The summed E-state index contributed by atoms with van der Waals surface area (Å²) in [4.78, 5) is 17.2. The number of pyridine rings is 1. The third-order valence-corrected chi connectivity index (χ3v) is 1.64. The number of nitrogens with zero attached hydrogens (tertiary/aromatic N) is 4. The molecular formula is C9H8N6O. The van der Waals surface area contributed by atoms with E-state index in [0.717, 1.165) is 11.8 Å². The van der Waals surface area contributed by atoms with Crippen LogP contribution in [0, 0.1) is 0 Å². The van der Waals surface area contributed by atoms with Crippen molar-refractivity contribution in [1.82, 2.24) is 20.2 Å². The number of anilines is 1. The molecule has 0 saturated carbocycles. The topological polar surface area (TPSA) is 95.9 Å². The van der Waals surface area contributed by atoms with Crippen LogP contribution in [0.2, 0.25) is 0 Å². The Bertz CT molecular complexity index is 535. The number of rotatable bonds is 3. The Morgan fingerprint density at radius 3 is 3.12 bits per heavy atom. The molecule has 0 atom stereocenters. The van der Waals surface area contributed by atoms with Crippen LogP contribution in [0.3, 0.4) is 0 Å². The van der Waals surface area contributed by atoms with Crippen LogP contribution in [0.4, 0.5) is 5.95 Å². The van der Waals surface area contributed by atoms with Crippen molar-refractivity contribution in [3.05, 3.63) is 46.6 Å². The molecule has 16 heavy (non-hydrogen) atoms. The molecule has 0 aromatic carbocycles. The molecule has 0 fully saturated rings. The van der Waals surface area contributed by atoms with E-state index in [2.05, 4.69) is 30.7 Å². The molecule has 0 aliphatic heterocycles. The molecule has 0 spiro atoms. The number of H-pyrrole nitrogens is 1. The van der Waals surface area contributed by atoms with Gasteiger partial charge in [-0.05, 0) is 6.07 Å². The number of nitrogens with one attached hydrogen (secondary N) is 2. The van der Waals surface area contributed by atoms with E-state index in [1.807, 2.05) is 6.07 Å². The second-order valence-electron chi connectivity index (χ2n) is 2.84. The molecule has 0 bridgehead atoms. The highest BCUT2D eigenvalue weighted by atomic mass is 16.1. The molecule has 0 unspecified atom stereocenters. The minimum atomic E-state index is -0.339. The van der Waals surface area contributed by atoms with Gasteiger partial charge in [-0.1, -0.05) is 6.07 Å². The summed E-state index contributed by atoms with van der Waals surface area (Å²) in [6.45, 7) is 0. The van der Waals surface area contributed by atoms with Crippen LogP contribution in [0.15, 0.2) is 40.6 Å². The lowest BCUT2D eigenvalue weighted by Gasteiger charge is -1.95. The molecule has 2 N–H and O–H groups in total. The molecule has 0 aliphatic rings. The molecule has 2 rings (SSSR count). The monoisotopic (exact) mass is 216 g/mol. The molecule has 0 radical (unpaired) electrons. The zero-order valence-electron chi connectivity index (χ0n) is 8.16. The SMILES string of the molecule is O=c1cnnc(NN=Cc2cccnc2)[nH]1. The molecule has 2 heterocycles. The minimum Gasteiger partial charge on any atom is -0.289 e. The maximum absolute atomic E-state index is 10.9. The highest BCUT2D eigenvalue weighted by Crippen LogP contribution is 1.92. The van der Waals surface area contributed by atoms with Crippen molar-refractivity contribution < 1.29 is 0 Å². The second-order valence-corrected chi connectivity index (χ2v) is 2.84. The van der Waals surface area contributed by atoms with Gasteiger partial charge in [0.05, 0.1) is 6.21 Å². The number of aromatic nitrogens is 4. The average Bonchev–Trinajstić information content (AvgIpc) is 2.30. The fourth-order valence-corrected chi connectivity index (χ4v) is 0.984. The van der Waals surface area contributed by atoms with Crippen molar-refractivity contribution >= 4 is 12.2 Å². The van der Waals surface area contributed by atoms with Crippen LogP contribution in [-0.4, -0.2) is 26.4 Å². The maximum Gasteiger partial charge on any atom is 0.271 e. The van der Waals surface area contributed by atoms with Gasteiger partial charge in [0.2, 0.25) is 5.95 Å². The molecule has 0 saturated heterocycles. The highest BCUT2D eigenvalue weighted by Gasteiger charge is 1.91. The summed E-state index contributed by atoms with van der Waals surface area (Å²) in [7, 11) is 0. The van der Waals surface area contributed by atoms with E-state index in [0.29, 0.717) is 0 Å². The van der Waals surface area contributed by atoms with Crippen LogP contribution in [0.1, 0.15) is 5.56 Å². The molecule has 7 heteroatoms. The van der Waals surface area contributed by atoms with E-state index in [1.165, 1.54) is 0 Å². The summed E-state index contributed by atoms with van der Waals surface area (Å²) >= 11 is 0. The Morgan fingerprint density at radius 1 is 1.44 bits per heavy atom. The van der Waals surface area contributed by atoms with Crippen molar-refractivity contribution in [3.8, 4) is 0 Å². The van der Waals surface area contributed by atoms with E-state index < -0.39 is 0 Å². The molecule has 2 aromatic rings. The van der Waals surface area contributed by atoms with E-state index in [4.69, 9.17) is 0 Å². The van der Waals surface area contributed by atoms with Gasteiger partial charge in [-0.3, -0.25) is 14.8 Å². The van der Waals surface area contributed by atoms with Gasteiger partial charge in [0.1, 0.15) is 6.20 Å². The van der Waals surface area contributed by atoms with Crippen molar-refractivity contribution in [2.24, 2.45) is 5.10 Å². The summed E-state index contributed by atoms with van der Waals surface area (Å²) in [6.07, 6.45) is 5.96. The van der Waals surface area contributed by atoms with E-state index in [1.54, 1.807) is 24.7 Å². The van der Waals surface area contributed by atoms with Crippen LogP contribution < -0.4 is 11.0 Å². The quantitative estimate of drug-likeness (QED) is 0.556. The van der Waals surface area contributed by atoms with Crippen LogP contribution in [0.25, 0.3) is 0 Å². The standard InChI is InChI=1S/C9H8N6O/c16-8-6-12-15-9(13-8)14-11-5-7-2-1-3-10-4-7/h1-6H,(H2,13,14,15,16). The van der Waals surface area contributed by atoms with Gasteiger partial charge in [0, 0.05) is 18.0 Å². The lowest BCUT2D eigenvalue weighted by Crippen LogP contribution is -2.10. The van der Waals surface area contributed by atoms with Gasteiger partial charge in [-0.15, -0.1) is 10.2 Å². The molecule has 0 aliphatic carbocycles. The number of aromatic amines is 1. The first-order valence-electron chi connectivity index (χ1n) is 4.46. The van der Waals surface area contributed by atoms with Crippen LogP contribution in [0.5, 0.6) is 0 Å². The summed E-state index contributed by atoms with van der Waals surface area (Å²) in [5, 5.41) is 11.0. The minimum absolute atomic E-state index is 0.188. The Hall–Kier alpha value is -2.57. The summed E-state index contributed by atoms with van der Waals surface area (Å²) in [5.74, 6) is 0.188. The number of hydrogen-bond acceptors (Lipinski definition) is 6. The van der Waals surface area contributed by atoms with Crippen LogP contribution in [-0.2, 0) is 0 Å². The zero-order chi connectivity index (χ0) is 11.2. The van der Waals surface area contributed by atoms with Crippen LogP contribution >= 0.6 is 0 Å². The van der Waals surface area contributed by atoms with Crippen molar-refractivity contribution in [1.29, 1.82) is 0 Å². The van der Waals surface area contributed by atoms with E-state index in [-0.39, 0.29) is 11.5 Å². The Morgan fingerprint density at radius 2 is 2.38 bits per heavy atom. The molecule has 0 amide bonds. The van der Waals surface area contributed by atoms with Gasteiger partial charge >= 0.3 is 0 Å². The number of hydrazone groups is 1. The molecule has 80 valence electrons. The molecule has 7 nitrogen and oxygen atoms in total. The van der Waals surface area contributed by atoms with E-state index >= 15 is 0 Å². The first-order chi connectivity index (χ1) is 7.84. The smallest absolute Gasteiger partial charge is 0.271 e. The lowest BCUT2D eigenvalue weighted by molar-refractivity contribution is 0.939. The Labute approximate surface area is 90.3 Å². The predicted molar refractivity (Wildman–Crippen MR) is 58.1 cm³/mol. The van der Waals surface area contributed by atoms with Gasteiger partial charge < -0.3 is 0 Å². The summed E-state index contributed by atoms with van der Waals surface area (Å²) in [6, 6.07) is 3.64. The second kappa shape index (κ2) is 4.78. The Kier molecular flexibility index (Phi) is 2.98. The van der Waals surface area contributed by atoms with Crippen molar-refractivity contribution in [2.45, 2.75) is 0 Å². The molecule has 2 aromatic heterocycles. The van der Waals surface area contributed by atoms with E-state index in [9.17, 15) is 4.79 Å². The normalized spacial score (nSPS) is 10.5. The Balaban J connectivity index is 2.03.